The van der Waals surface area contributed by atoms with E-state index in [1.54, 1.807) is 37.4 Å². The topological polar surface area (TPSA) is 86.6 Å². The highest BCUT2D eigenvalue weighted by Gasteiger charge is 2.12. The first kappa shape index (κ1) is 20.1. The van der Waals surface area contributed by atoms with E-state index in [2.05, 4.69) is 5.32 Å². The lowest BCUT2D eigenvalue weighted by atomic mass is 10.1. The van der Waals surface area contributed by atoms with Gasteiger partial charge in [-0.05, 0) is 43.7 Å². The van der Waals surface area contributed by atoms with Crippen LogP contribution in [-0.4, -0.2) is 29.7 Å². The fourth-order valence-corrected chi connectivity index (χ4v) is 2.94. The van der Waals surface area contributed by atoms with Gasteiger partial charge in [-0.2, -0.15) is 0 Å². The van der Waals surface area contributed by atoms with Crippen LogP contribution < -0.4 is 15.6 Å². The molecule has 2 aromatic carbocycles. The maximum absolute atomic E-state index is 12.8. The summed E-state index contributed by atoms with van der Waals surface area (Å²) >= 11 is 0. The van der Waals surface area contributed by atoms with Gasteiger partial charge in [-0.3, -0.25) is 9.59 Å². The van der Waals surface area contributed by atoms with Crippen molar-refractivity contribution in [3.8, 4) is 5.75 Å². The maximum Gasteiger partial charge on any atom is 0.344 e. The smallest absolute Gasteiger partial charge is 0.344 e. The molecule has 0 bridgehead atoms. The number of aromatic nitrogens is 1. The second-order valence-electron chi connectivity index (χ2n) is 6.42. The number of anilines is 1. The molecule has 7 nitrogen and oxygen atoms in total. The Morgan fingerprint density at radius 3 is 2.59 bits per heavy atom. The number of aryl methyl sites for hydroxylation is 1. The standard InChI is InChI=1S/C22H22N2O5/c1-3-28-21(26)14-29-19-10-6-8-17-16(19)11-12-24(22(17)27)13-20(25)23-18-9-5-4-7-15(18)2/h4-12H,3,13-14H2,1-2H3,(H,23,25). The molecule has 0 aliphatic rings. The number of carbonyl (C=O) groups is 2. The molecule has 1 amide bonds. The lowest BCUT2D eigenvalue weighted by Gasteiger charge is -2.12. The summed E-state index contributed by atoms with van der Waals surface area (Å²) in [6.07, 6.45) is 1.54. The minimum atomic E-state index is -0.481. The molecular formula is C22H22N2O5. The van der Waals surface area contributed by atoms with Crippen LogP contribution >= 0.6 is 0 Å². The number of benzene rings is 2. The van der Waals surface area contributed by atoms with Gasteiger partial charge in [-0.25, -0.2) is 4.79 Å². The van der Waals surface area contributed by atoms with Crippen molar-refractivity contribution < 1.29 is 19.1 Å². The van der Waals surface area contributed by atoms with E-state index in [1.807, 2.05) is 31.2 Å². The molecule has 7 heteroatoms. The van der Waals surface area contributed by atoms with E-state index in [4.69, 9.17) is 9.47 Å². The Morgan fingerprint density at radius 2 is 1.83 bits per heavy atom. The van der Waals surface area contributed by atoms with E-state index in [0.29, 0.717) is 22.2 Å². The third-order valence-corrected chi connectivity index (χ3v) is 4.36. The van der Waals surface area contributed by atoms with Crippen LogP contribution in [0.15, 0.2) is 59.5 Å². The zero-order valence-electron chi connectivity index (χ0n) is 16.3. The van der Waals surface area contributed by atoms with Crippen LogP contribution in [-0.2, 0) is 20.9 Å². The highest BCUT2D eigenvalue weighted by molar-refractivity contribution is 5.92. The molecule has 150 valence electrons. The summed E-state index contributed by atoms with van der Waals surface area (Å²) in [5.41, 5.74) is 1.33. The number of nitrogens with one attached hydrogen (secondary N) is 1. The fourth-order valence-electron chi connectivity index (χ4n) is 2.94. The number of hydrogen-bond acceptors (Lipinski definition) is 5. The van der Waals surface area contributed by atoms with Crippen molar-refractivity contribution >= 4 is 28.3 Å². The van der Waals surface area contributed by atoms with E-state index < -0.39 is 5.97 Å². The molecule has 1 heterocycles. The van der Waals surface area contributed by atoms with Crippen LogP contribution in [0.5, 0.6) is 5.75 Å². The van der Waals surface area contributed by atoms with Crippen LogP contribution in [0.4, 0.5) is 5.69 Å². The Labute approximate surface area is 167 Å². The quantitative estimate of drug-likeness (QED) is 0.623. The molecule has 0 fully saturated rings. The minimum absolute atomic E-state index is 0.114. The number of fused-ring (bicyclic) bond motifs is 1. The number of ether oxygens (including phenoxy) is 2. The van der Waals surface area contributed by atoms with Gasteiger partial charge in [-0.1, -0.05) is 24.3 Å². The molecule has 29 heavy (non-hydrogen) atoms. The van der Waals surface area contributed by atoms with Gasteiger partial charge >= 0.3 is 5.97 Å². The SMILES string of the molecule is CCOC(=O)COc1cccc2c(=O)n(CC(=O)Nc3ccccc3C)ccc12. The second kappa shape index (κ2) is 9.05. The number of rotatable bonds is 7. The van der Waals surface area contributed by atoms with Crippen molar-refractivity contribution in [1.29, 1.82) is 0 Å². The maximum atomic E-state index is 12.8. The molecule has 0 spiro atoms. The van der Waals surface area contributed by atoms with Crippen molar-refractivity contribution in [3.63, 3.8) is 0 Å². The first-order chi connectivity index (χ1) is 14.0. The van der Waals surface area contributed by atoms with E-state index in [-0.39, 0.29) is 31.2 Å². The van der Waals surface area contributed by atoms with Crippen LogP contribution in [0, 0.1) is 6.92 Å². The molecule has 0 saturated carbocycles. The van der Waals surface area contributed by atoms with E-state index in [1.165, 1.54) is 4.57 Å². The molecule has 3 rings (SSSR count). The average Bonchev–Trinajstić information content (AvgIpc) is 2.70. The van der Waals surface area contributed by atoms with Gasteiger partial charge in [0.25, 0.3) is 5.56 Å². The number of nitrogens with zero attached hydrogens (tertiary/aromatic N) is 1. The number of para-hydroxylation sites is 1. The largest absolute Gasteiger partial charge is 0.481 e. The van der Waals surface area contributed by atoms with Gasteiger partial charge in [0.15, 0.2) is 6.61 Å². The van der Waals surface area contributed by atoms with Crippen molar-refractivity contribution in [2.45, 2.75) is 20.4 Å². The third-order valence-electron chi connectivity index (χ3n) is 4.36. The van der Waals surface area contributed by atoms with E-state index >= 15 is 0 Å². The summed E-state index contributed by atoms with van der Waals surface area (Å²) in [5, 5.41) is 3.78. The highest BCUT2D eigenvalue weighted by Crippen LogP contribution is 2.23. The minimum Gasteiger partial charge on any atom is -0.481 e. The van der Waals surface area contributed by atoms with Crippen molar-refractivity contribution in [1.82, 2.24) is 4.57 Å². The summed E-state index contributed by atoms with van der Waals surface area (Å²) < 4.78 is 11.7. The molecule has 0 saturated heterocycles. The van der Waals surface area contributed by atoms with Crippen LogP contribution in [0.1, 0.15) is 12.5 Å². The highest BCUT2D eigenvalue weighted by atomic mass is 16.6. The summed E-state index contributed by atoms with van der Waals surface area (Å²) in [4.78, 5) is 36.7. The predicted octanol–water partition coefficient (Wildman–Crippen LogP) is 2.89. The summed E-state index contributed by atoms with van der Waals surface area (Å²) in [6.45, 7) is 3.53. The Morgan fingerprint density at radius 1 is 1.03 bits per heavy atom. The molecule has 0 atom stereocenters. The lowest BCUT2D eigenvalue weighted by Crippen LogP contribution is -2.27. The normalized spacial score (nSPS) is 10.6. The first-order valence-electron chi connectivity index (χ1n) is 9.25. The van der Waals surface area contributed by atoms with Gasteiger partial charge in [0.05, 0.1) is 12.0 Å². The molecule has 0 unspecified atom stereocenters. The van der Waals surface area contributed by atoms with E-state index in [9.17, 15) is 14.4 Å². The van der Waals surface area contributed by atoms with Crippen LogP contribution in [0.3, 0.4) is 0 Å². The second-order valence-corrected chi connectivity index (χ2v) is 6.42. The Kier molecular flexibility index (Phi) is 6.29. The van der Waals surface area contributed by atoms with Crippen LogP contribution in [0.2, 0.25) is 0 Å². The summed E-state index contributed by atoms with van der Waals surface area (Å²) in [5.74, 6) is -0.370. The van der Waals surface area contributed by atoms with E-state index in [0.717, 1.165) is 5.56 Å². The predicted molar refractivity (Wildman–Crippen MR) is 110 cm³/mol. The van der Waals surface area contributed by atoms with Crippen LogP contribution in [0.25, 0.3) is 10.8 Å². The van der Waals surface area contributed by atoms with Crippen molar-refractivity contribution in [3.05, 3.63) is 70.6 Å². The molecular weight excluding hydrogens is 372 g/mol. The molecule has 1 aromatic heterocycles. The number of esters is 1. The van der Waals surface area contributed by atoms with Gasteiger partial charge in [0, 0.05) is 17.3 Å². The average molecular weight is 394 g/mol. The van der Waals surface area contributed by atoms with Gasteiger partial charge in [-0.15, -0.1) is 0 Å². The Bertz CT molecular complexity index is 1100. The Hall–Kier alpha value is -3.61. The summed E-state index contributed by atoms with van der Waals surface area (Å²) in [6, 6.07) is 14.1. The molecule has 0 aliphatic carbocycles. The molecule has 0 aliphatic heterocycles. The number of pyridine rings is 1. The molecule has 0 radical (unpaired) electrons. The number of amides is 1. The first-order valence-corrected chi connectivity index (χ1v) is 9.25. The van der Waals surface area contributed by atoms with Gasteiger partial charge in [0.1, 0.15) is 12.3 Å². The number of carbonyl (C=O) groups excluding carboxylic acids is 2. The monoisotopic (exact) mass is 394 g/mol. The zero-order chi connectivity index (χ0) is 20.8. The van der Waals surface area contributed by atoms with Gasteiger partial charge in [0.2, 0.25) is 5.91 Å². The number of hydrogen-bond donors (Lipinski definition) is 1. The van der Waals surface area contributed by atoms with Crippen molar-refractivity contribution in [2.24, 2.45) is 0 Å². The zero-order valence-corrected chi connectivity index (χ0v) is 16.3. The van der Waals surface area contributed by atoms with Crippen molar-refractivity contribution in [2.75, 3.05) is 18.5 Å². The van der Waals surface area contributed by atoms with Gasteiger partial charge < -0.3 is 19.4 Å². The lowest BCUT2D eigenvalue weighted by molar-refractivity contribution is -0.145. The molecule has 1 N–H and O–H groups in total. The third kappa shape index (κ3) is 4.82. The summed E-state index contributed by atoms with van der Waals surface area (Å²) in [7, 11) is 0. The fraction of sp³-hybridized carbons (Fsp3) is 0.227. The molecule has 3 aromatic rings. The Balaban J connectivity index is 1.79.